The van der Waals surface area contributed by atoms with Crippen LogP contribution in [0.1, 0.15) is 22.4 Å². The lowest BCUT2D eigenvalue weighted by Crippen LogP contribution is -2.00. The van der Waals surface area contributed by atoms with Crippen molar-refractivity contribution in [2.75, 3.05) is 7.11 Å². The first-order chi connectivity index (χ1) is 9.01. The van der Waals surface area contributed by atoms with Crippen molar-refractivity contribution in [1.29, 1.82) is 0 Å². The van der Waals surface area contributed by atoms with Gasteiger partial charge < -0.3 is 4.74 Å². The van der Waals surface area contributed by atoms with Crippen LogP contribution in [0.3, 0.4) is 0 Å². The molecular formula is C15H17ClN2O. The highest BCUT2D eigenvalue weighted by molar-refractivity contribution is 6.29. The van der Waals surface area contributed by atoms with Crippen LogP contribution in [0.5, 0.6) is 0 Å². The Morgan fingerprint density at radius 1 is 1.05 bits per heavy atom. The van der Waals surface area contributed by atoms with Crippen LogP contribution in [0.15, 0.2) is 18.2 Å². The maximum atomic E-state index is 6.06. The van der Waals surface area contributed by atoms with Crippen molar-refractivity contribution in [3.63, 3.8) is 0 Å². The molecule has 4 heteroatoms. The molecule has 0 fully saturated rings. The zero-order valence-corrected chi connectivity index (χ0v) is 12.4. The Balaban J connectivity index is 2.58. The third kappa shape index (κ3) is 3.11. The molecule has 0 N–H and O–H groups in total. The van der Waals surface area contributed by atoms with Gasteiger partial charge in [-0.3, -0.25) is 0 Å². The summed E-state index contributed by atoms with van der Waals surface area (Å²) in [6.07, 6.45) is 0. The second-order valence-corrected chi connectivity index (χ2v) is 5.10. The maximum absolute atomic E-state index is 6.06. The summed E-state index contributed by atoms with van der Waals surface area (Å²) in [7, 11) is 1.64. The molecule has 0 atom stereocenters. The molecule has 3 nitrogen and oxygen atoms in total. The van der Waals surface area contributed by atoms with E-state index in [0.29, 0.717) is 17.6 Å². The number of ether oxygens (including phenoxy) is 1. The Kier molecular flexibility index (Phi) is 4.17. The van der Waals surface area contributed by atoms with Gasteiger partial charge in [-0.1, -0.05) is 29.3 Å². The number of halogens is 1. The van der Waals surface area contributed by atoms with Crippen LogP contribution in [0.2, 0.25) is 5.15 Å². The molecule has 0 spiro atoms. The number of methoxy groups -OCH3 is 1. The van der Waals surface area contributed by atoms with Gasteiger partial charge in [0.15, 0.2) is 5.82 Å². The minimum atomic E-state index is 0.430. The average molecular weight is 277 g/mol. The first-order valence-corrected chi connectivity index (χ1v) is 6.49. The van der Waals surface area contributed by atoms with Crippen molar-refractivity contribution >= 4 is 11.6 Å². The molecule has 0 aliphatic rings. The standard InChI is InChI=1S/C15H17ClN2O/c1-9-5-10(2)14(11(3)6-9)15-17-12(8-19-4)7-13(16)18-15/h5-7H,8H2,1-4H3. The van der Waals surface area contributed by atoms with Crippen LogP contribution < -0.4 is 0 Å². The third-order valence-electron chi connectivity index (χ3n) is 2.94. The summed E-state index contributed by atoms with van der Waals surface area (Å²) in [5, 5.41) is 0.441. The van der Waals surface area contributed by atoms with Crippen molar-refractivity contribution in [3.8, 4) is 11.4 Å². The number of hydrogen-bond donors (Lipinski definition) is 0. The summed E-state index contributed by atoms with van der Waals surface area (Å²) in [5.74, 6) is 0.662. The van der Waals surface area contributed by atoms with E-state index in [4.69, 9.17) is 16.3 Å². The number of rotatable bonds is 3. The summed E-state index contributed by atoms with van der Waals surface area (Å²) in [5.41, 5.74) is 5.38. The molecule has 0 saturated heterocycles. The van der Waals surface area contributed by atoms with Crippen LogP contribution in [0.25, 0.3) is 11.4 Å². The summed E-state index contributed by atoms with van der Waals surface area (Å²) in [6, 6.07) is 5.98. The Bertz CT molecular complexity index is 588. The minimum absolute atomic E-state index is 0.430. The number of aryl methyl sites for hydroxylation is 3. The van der Waals surface area contributed by atoms with Gasteiger partial charge in [0, 0.05) is 12.7 Å². The van der Waals surface area contributed by atoms with Crippen molar-refractivity contribution in [2.24, 2.45) is 0 Å². The van der Waals surface area contributed by atoms with Gasteiger partial charge in [0.25, 0.3) is 0 Å². The summed E-state index contributed by atoms with van der Waals surface area (Å²) in [6.45, 7) is 6.64. The van der Waals surface area contributed by atoms with Gasteiger partial charge in [-0.25, -0.2) is 9.97 Å². The van der Waals surface area contributed by atoms with Crippen molar-refractivity contribution < 1.29 is 4.74 Å². The SMILES string of the molecule is COCc1cc(Cl)nc(-c2c(C)cc(C)cc2C)n1. The normalized spacial score (nSPS) is 10.8. The summed E-state index contributed by atoms with van der Waals surface area (Å²) in [4.78, 5) is 8.86. The topological polar surface area (TPSA) is 35.0 Å². The average Bonchev–Trinajstić information content (AvgIpc) is 2.26. The fraction of sp³-hybridized carbons (Fsp3) is 0.333. The van der Waals surface area contributed by atoms with E-state index in [1.54, 1.807) is 13.2 Å². The van der Waals surface area contributed by atoms with E-state index in [9.17, 15) is 0 Å². The first-order valence-electron chi connectivity index (χ1n) is 6.12. The summed E-state index contributed by atoms with van der Waals surface area (Å²) < 4.78 is 5.10. The van der Waals surface area contributed by atoms with Crippen molar-refractivity contribution in [3.05, 3.63) is 45.7 Å². The molecule has 0 radical (unpaired) electrons. The van der Waals surface area contributed by atoms with Gasteiger partial charge in [0.1, 0.15) is 5.15 Å². The predicted octanol–water partition coefficient (Wildman–Crippen LogP) is 3.87. The molecule has 1 aromatic heterocycles. The van der Waals surface area contributed by atoms with Gasteiger partial charge >= 0.3 is 0 Å². The zero-order chi connectivity index (χ0) is 14.0. The highest BCUT2D eigenvalue weighted by Crippen LogP contribution is 2.27. The molecule has 0 amide bonds. The van der Waals surface area contributed by atoms with E-state index in [-0.39, 0.29) is 0 Å². The number of hydrogen-bond acceptors (Lipinski definition) is 3. The molecule has 0 unspecified atom stereocenters. The largest absolute Gasteiger partial charge is 0.378 e. The molecule has 100 valence electrons. The second kappa shape index (κ2) is 5.68. The van der Waals surface area contributed by atoms with Gasteiger partial charge in [0.05, 0.1) is 12.3 Å². The van der Waals surface area contributed by atoms with Crippen molar-refractivity contribution in [1.82, 2.24) is 9.97 Å². The van der Waals surface area contributed by atoms with Crippen LogP contribution in [0, 0.1) is 20.8 Å². The molecule has 0 aliphatic carbocycles. The van der Waals surface area contributed by atoms with E-state index in [1.807, 2.05) is 0 Å². The van der Waals surface area contributed by atoms with Crippen LogP contribution >= 0.6 is 11.6 Å². The van der Waals surface area contributed by atoms with E-state index >= 15 is 0 Å². The van der Waals surface area contributed by atoms with E-state index < -0.39 is 0 Å². The lowest BCUT2D eigenvalue weighted by Gasteiger charge is -2.11. The van der Waals surface area contributed by atoms with Gasteiger partial charge in [0.2, 0.25) is 0 Å². The second-order valence-electron chi connectivity index (χ2n) is 4.71. The van der Waals surface area contributed by atoms with Crippen LogP contribution in [-0.4, -0.2) is 17.1 Å². The minimum Gasteiger partial charge on any atom is -0.378 e. The molecule has 2 rings (SSSR count). The first kappa shape index (κ1) is 14.0. The monoisotopic (exact) mass is 276 g/mol. The molecule has 19 heavy (non-hydrogen) atoms. The Morgan fingerprint density at radius 2 is 1.68 bits per heavy atom. The summed E-state index contributed by atoms with van der Waals surface area (Å²) >= 11 is 6.06. The van der Waals surface area contributed by atoms with Crippen LogP contribution in [0.4, 0.5) is 0 Å². The van der Waals surface area contributed by atoms with E-state index in [1.165, 1.54) is 5.56 Å². The molecule has 0 bridgehead atoms. The molecule has 0 aliphatic heterocycles. The number of aromatic nitrogens is 2. The molecule has 1 heterocycles. The third-order valence-corrected chi connectivity index (χ3v) is 3.13. The van der Waals surface area contributed by atoms with E-state index in [2.05, 4.69) is 42.9 Å². The fourth-order valence-corrected chi connectivity index (χ4v) is 2.54. The quantitative estimate of drug-likeness (QED) is 0.798. The molecule has 2 aromatic rings. The van der Waals surface area contributed by atoms with Crippen LogP contribution in [-0.2, 0) is 11.3 Å². The lowest BCUT2D eigenvalue weighted by molar-refractivity contribution is 0.181. The molecule has 0 saturated carbocycles. The molecular weight excluding hydrogens is 260 g/mol. The maximum Gasteiger partial charge on any atom is 0.161 e. The highest BCUT2D eigenvalue weighted by Gasteiger charge is 2.11. The smallest absolute Gasteiger partial charge is 0.161 e. The number of benzene rings is 1. The zero-order valence-electron chi connectivity index (χ0n) is 11.6. The number of nitrogens with zero attached hydrogens (tertiary/aromatic N) is 2. The van der Waals surface area contributed by atoms with Gasteiger partial charge in [-0.2, -0.15) is 0 Å². The fourth-order valence-electron chi connectivity index (χ4n) is 2.33. The Morgan fingerprint density at radius 3 is 2.26 bits per heavy atom. The van der Waals surface area contributed by atoms with Gasteiger partial charge in [-0.05, 0) is 38.0 Å². The van der Waals surface area contributed by atoms with E-state index in [0.717, 1.165) is 22.4 Å². The lowest BCUT2D eigenvalue weighted by atomic mass is 9.99. The van der Waals surface area contributed by atoms with Gasteiger partial charge in [-0.15, -0.1) is 0 Å². The Hall–Kier alpha value is -1.45. The van der Waals surface area contributed by atoms with Crippen molar-refractivity contribution in [2.45, 2.75) is 27.4 Å². The predicted molar refractivity (Wildman–Crippen MR) is 77.4 cm³/mol. The highest BCUT2D eigenvalue weighted by atomic mass is 35.5. The Labute approximate surface area is 118 Å². The molecule has 1 aromatic carbocycles.